The van der Waals surface area contributed by atoms with Gasteiger partial charge in [0.1, 0.15) is 25.1 Å². The van der Waals surface area contributed by atoms with Gasteiger partial charge in [-0.3, -0.25) is 9.59 Å². The summed E-state index contributed by atoms with van der Waals surface area (Å²) in [6.07, 6.45) is 1.62. The third-order valence-electron chi connectivity index (χ3n) is 4.20. The summed E-state index contributed by atoms with van der Waals surface area (Å²) in [6, 6.07) is 0. The van der Waals surface area contributed by atoms with E-state index in [1.54, 1.807) is 0 Å². The lowest BCUT2D eigenvalue weighted by atomic mass is 9.80. The SMILES string of the molecule is O=CC1=COC(CO)C2C(C(=O)OCC(O)CO)CCC12. The molecule has 3 N–H and O–H groups in total. The van der Waals surface area contributed by atoms with E-state index in [2.05, 4.69) is 0 Å². The summed E-state index contributed by atoms with van der Waals surface area (Å²) in [5, 5.41) is 27.3. The van der Waals surface area contributed by atoms with Crippen molar-refractivity contribution in [2.45, 2.75) is 25.0 Å². The quantitative estimate of drug-likeness (QED) is 0.426. The number of aldehydes is 1. The van der Waals surface area contributed by atoms with Crippen LogP contribution >= 0.6 is 0 Å². The van der Waals surface area contributed by atoms with Gasteiger partial charge in [0.15, 0.2) is 0 Å². The molecule has 1 aliphatic heterocycles. The summed E-state index contributed by atoms with van der Waals surface area (Å²) in [5.41, 5.74) is 0.496. The Labute approximate surface area is 122 Å². The number of carbonyl (C=O) groups excluding carboxylic acids is 2. The lowest BCUT2D eigenvalue weighted by Crippen LogP contribution is -2.40. The van der Waals surface area contributed by atoms with Gasteiger partial charge in [0.2, 0.25) is 0 Å². The molecule has 0 saturated heterocycles. The van der Waals surface area contributed by atoms with Crippen LogP contribution in [0.3, 0.4) is 0 Å². The molecular formula is C14H20O7. The van der Waals surface area contributed by atoms with Crippen LogP contribution in [-0.2, 0) is 19.1 Å². The molecule has 1 heterocycles. The van der Waals surface area contributed by atoms with Gasteiger partial charge in [0, 0.05) is 11.5 Å². The third kappa shape index (κ3) is 3.25. The van der Waals surface area contributed by atoms with Crippen LogP contribution in [0.25, 0.3) is 0 Å². The first-order valence-corrected chi connectivity index (χ1v) is 6.99. The zero-order valence-corrected chi connectivity index (χ0v) is 11.6. The molecule has 0 aromatic rings. The van der Waals surface area contributed by atoms with E-state index in [1.165, 1.54) is 6.26 Å². The van der Waals surface area contributed by atoms with Crippen LogP contribution in [0.2, 0.25) is 0 Å². The summed E-state index contributed by atoms with van der Waals surface area (Å²) in [6.45, 7) is -0.999. The molecule has 0 radical (unpaired) electrons. The first-order valence-electron chi connectivity index (χ1n) is 6.99. The average Bonchev–Trinajstić information content (AvgIpc) is 2.96. The van der Waals surface area contributed by atoms with Gasteiger partial charge in [-0.05, 0) is 18.8 Å². The predicted molar refractivity (Wildman–Crippen MR) is 69.9 cm³/mol. The molecule has 0 bridgehead atoms. The maximum Gasteiger partial charge on any atom is 0.309 e. The lowest BCUT2D eigenvalue weighted by Gasteiger charge is -2.34. The van der Waals surface area contributed by atoms with E-state index in [4.69, 9.17) is 14.6 Å². The molecule has 2 aliphatic rings. The van der Waals surface area contributed by atoms with Crippen LogP contribution in [-0.4, -0.2) is 59.6 Å². The molecule has 2 rings (SSSR count). The Balaban J connectivity index is 2.06. The Morgan fingerprint density at radius 2 is 2.24 bits per heavy atom. The highest BCUT2D eigenvalue weighted by Gasteiger charge is 2.49. The van der Waals surface area contributed by atoms with Crippen LogP contribution in [0, 0.1) is 17.8 Å². The highest BCUT2D eigenvalue weighted by atomic mass is 16.5. The van der Waals surface area contributed by atoms with Crippen molar-refractivity contribution in [3.63, 3.8) is 0 Å². The van der Waals surface area contributed by atoms with Crippen LogP contribution in [0.4, 0.5) is 0 Å². The van der Waals surface area contributed by atoms with Gasteiger partial charge in [-0.25, -0.2) is 0 Å². The second-order valence-electron chi connectivity index (χ2n) is 5.43. The molecule has 0 aromatic carbocycles. The average molecular weight is 300 g/mol. The molecule has 118 valence electrons. The highest BCUT2D eigenvalue weighted by Crippen LogP contribution is 2.46. The fourth-order valence-corrected chi connectivity index (χ4v) is 3.17. The fraction of sp³-hybridized carbons (Fsp3) is 0.714. The van der Waals surface area contributed by atoms with Gasteiger partial charge in [0.05, 0.1) is 25.4 Å². The number of allylic oxidation sites excluding steroid dienone is 1. The molecule has 0 aromatic heterocycles. The van der Waals surface area contributed by atoms with Crippen molar-refractivity contribution in [2.24, 2.45) is 17.8 Å². The van der Waals surface area contributed by atoms with Gasteiger partial charge in [-0.2, -0.15) is 0 Å². The predicted octanol–water partition coefficient (Wildman–Crippen LogP) is -1.00. The number of aliphatic hydroxyl groups is 3. The summed E-state index contributed by atoms with van der Waals surface area (Å²) < 4.78 is 10.3. The highest BCUT2D eigenvalue weighted by molar-refractivity contribution is 5.77. The molecular weight excluding hydrogens is 280 g/mol. The molecule has 1 saturated carbocycles. The Kier molecular flexibility index (Phi) is 5.33. The van der Waals surface area contributed by atoms with E-state index in [-0.39, 0.29) is 25.0 Å². The second kappa shape index (κ2) is 7.02. The summed E-state index contributed by atoms with van der Waals surface area (Å²) in [4.78, 5) is 23.2. The van der Waals surface area contributed by atoms with Crippen molar-refractivity contribution in [3.8, 4) is 0 Å². The summed E-state index contributed by atoms with van der Waals surface area (Å²) in [7, 11) is 0. The van der Waals surface area contributed by atoms with Gasteiger partial charge in [0.25, 0.3) is 0 Å². The van der Waals surface area contributed by atoms with E-state index in [0.717, 1.165) is 0 Å². The van der Waals surface area contributed by atoms with Crippen molar-refractivity contribution in [2.75, 3.05) is 19.8 Å². The van der Waals surface area contributed by atoms with Crippen LogP contribution in [0.1, 0.15) is 12.8 Å². The smallest absolute Gasteiger partial charge is 0.309 e. The lowest BCUT2D eigenvalue weighted by molar-refractivity contribution is -0.156. The van der Waals surface area contributed by atoms with Crippen molar-refractivity contribution < 1.29 is 34.4 Å². The summed E-state index contributed by atoms with van der Waals surface area (Å²) in [5.74, 6) is -1.40. The minimum absolute atomic E-state index is 0.117. The maximum atomic E-state index is 12.1. The van der Waals surface area contributed by atoms with Crippen molar-refractivity contribution in [3.05, 3.63) is 11.8 Å². The molecule has 7 heteroatoms. The number of aliphatic hydroxyl groups excluding tert-OH is 3. The number of fused-ring (bicyclic) bond motifs is 1. The molecule has 7 nitrogen and oxygen atoms in total. The minimum atomic E-state index is -1.10. The molecule has 5 unspecified atom stereocenters. The van der Waals surface area contributed by atoms with Gasteiger partial charge in [-0.1, -0.05) is 0 Å². The molecule has 0 spiro atoms. The molecule has 21 heavy (non-hydrogen) atoms. The first-order chi connectivity index (χ1) is 10.1. The van der Waals surface area contributed by atoms with E-state index >= 15 is 0 Å². The van der Waals surface area contributed by atoms with E-state index in [9.17, 15) is 19.8 Å². The topological polar surface area (TPSA) is 113 Å². The largest absolute Gasteiger partial charge is 0.495 e. The van der Waals surface area contributed by atoms with E-state index < -0.39 is 30.7 Å². The Hall–Kier alpha value is -1.44. The molecule has 1 aliphatic carbocycles. The number of hydrogen-bond acceptors (Lipinski definition) is 7. The van der Waals surface area contributed by atoms with Crippen LogP contribution in [0.15, 0.2) is 11.8 Å². The fourth-order valence-electron chi connectivity index (χ4n) is 3.17. The van der Waals surface area contributed by atoms with Crippen LogP contribution in [0.5, 0.6) is 0 Å². The number of esters is 1. The Morgan fingerprint density at radius 3 is 2.86 bits per heavy atom. The van der Waals surface area contributed by atoms with Gasteiger partial charge >= 0.3 is 5.97 Å². The standard InChI is InChI=1S/C14H20O7/c15-3-8-6-20-12(5-17)13-10(8)1-2-11(13)14(19)21-7-9(18)4-16/h3,6,9-13,16-18H,1-2,4-5,7H2. The molecule has 0 amide bonds. The van der Waals surface area contributed by atoms with Crippen molar-refractivity contribution in [1.82, 2.24) is 0 Å². The summed E-state index contributed by atoms with van der Waals surface area (Å²) >= 11 is 0. The zero-order chi connectivity index (χ0) is 15.4. The van der Waals surface area contributed by atoms with E-state index in [1.807, 2.05) is 0 Å². The molecule has 5 atom stereocenters. The van der Waals surface area contributed by atoms with Crippen LogP contribution < -0.4 is 0 Å². The Bertz CT molecular complexity index is 420. The third-order valence-corrected chi connectivity index (χ3v) is 4.20. The normalized spacial score (nSPS) is 32.6. The number of carbonyl (C=O) groups is 2. The van der Waals surface area contributed by atoms with Gasteiger partial charge in [-0.15, -0.1) is 0 Å². The maximum absolute atomic E-state index is 12.1. The van der Waals surface area contributed by atoms with Crippen molar-refractivity contribution in [1.29, 1.82) is 0 Å². The number of hydrogen-bond donors (Lipinski definition) is 3. The monoisotopic (exact) mass is 300 g/mol. The van der Waals surface area contributed by atoms with Gasteiger partial charge < -0.3 is 24.8 Å². The van der Waals surface area contributed by atoms with E-state index in [0.29, 0.717) is 24.7 Å². The molecule has 1 fully saturated rings. The zero-order valence-electron chi connectivity index (χ0n) is 11.6. The first kappa shape index (κ1) is 15.9. The minimum Gasteiger partial charge on any atom is -0.495 e. The number of ether oxygens (including phenoxy) is 2. The van der Waals surface area contributed by atoms with Crippen molar-refractivity contribution >= 4 is 12.3 Å². The second-order valence-corrected chi connectivity index (χ2v) is 5.43. The number of rotatable bonds is 6. The Morgan fingerprint density at radius 1 is 1.48 bits per heavy atom.